The average Bonchev–Trinajstić information content (AvgIpc) is 2.51. The maximum absolute atomic E-state index is 11.4. The van der Waals surface area contributed by atoms with Crippen LogP contribution in [0.15, 0.2) is 18.2 Å². The summed E-state index contributed by atoms with van der Waals surface area (Å²) in [6.07, 6.45) is 11.6. The summed E-state index contributed by atoms with van der Waals surface area (Å²) in [5, 5.41) is 11.4. The standard InChI is InChI=1S/C21H28O2/c1-2-3-4-17-5-6-18(20(22)23)10-19(17)21-11-14-7-15(12-21)9-16(8-14)13-21/h5-6,10,14-16H,2-4,7-9,11-13H2,1H3,(H,22,23)/p-1. The molecule has 0 spiro atoms. The zero-order valence-corrected chi connectivity index (χ0v) is 14.1. The van der Waals surface area contributed by atoms with Crippen molar-refractivity contribution in [2.75, 3.05) is 0 Å². The molecule has 4 saturated carbocycles. The van der Waals surface area contributed by atoms with Crippen LogP contribution in [0.3, 0.4) is 0 Å². The molecule has 0 heterocycles. The molecule has 23 heavy (non-hydrogen) atoms. The molecule has 0 saturated heterocycles. The second kappa shape index (κ2) is 5.65. The number of unbranched alkanes of at least 4 members (excludes halogenated alkanes) is 1. The molecule has 0 radical (unpaired) electrons. The minimum absolute atomic E-state index is 0.267. The third-order valence-electron chi connectivity index (χ3n) is 6.75. The van der Waals surface area contributed by atoms with E-state index in [0.29, 0.717) is 5.56 Å². The fourth-order valence-electron chi connectivity index (χ4n) is 6.22. The van der Waals surface area contributed by atoms with Crippen molar-refractivity contribution in [1.82, 2.24) is 0 Å². The molecule has 0 atom stereocenters. The van der Waals surface area contributed by atoms with Crippen molar-refractivity contribution < 1.29 is 9.90 Å². The summed E-state index contributed by atoms with van der Waals surface area (Å²) in [6, 6.07) is 5.81. The van der Waals surface area contributed by atoms with Crippen LogP contribution < -0.4 is 5.11 Å². The molecular formula is C21H27O2-. The molecule has 2 heteroatoms. The van der Waals surface area contributed by atoms with Crippen molar-refractivity contribution in [3.8, 4) is 0 Å². The minimum atomic E-state index is -1.03. The van der Waals surface area contributed by atoms with Gasteiger partial charge in [-0.2, -0.15) is 0 Å². The Bertz CT molecular complexity index is 581. The van der Waals surface area contributed by atoms with E-state index in [2.05, 4.69) is 13.0 Å². The third-order valence-corrected chi connectivity index (χ3v) is 6.75. The maximum atomic E-state index is 11.4. The lowest BCUT2D eigenvalue weighted by Crippen LogP contribution is -2.49. The Kier molecular flexibility index (Phi) is 3.74. The first-order chi connectivity index (χ1) is 11.1. The van der Waals surface area contributed by atoms with Crippen molar-refractivity contribution >= 4 is 5.97 Å². The topological polar surface area (TPSA) is 40.1 Å². The van der Waals surface area contributed by atoms with Gasteiger partial charge in [0.1, 0.15) is 0 Å². The highest BCUT2D eigenvalue weighted by molar-refractivity contribution is 5.86. The molecule has 124 valence electrons. The highest BCUT2D eigenvalue weighted by Gasteiger charge is 2.52. The van der Waals surface area contributed by atoms with E-state index in [1.54, 1.807) is 6.07 Å². The predicted molar refractivity (Wildman–Crippen MR) is 89.2 cm³/mol. The van der Waals surface area contributed by atoms with E-state index in [-0.39, 0.29) is 5.41 Å². The molecule has 0 N–H and O–H groups in total. The number of benzene rings is 1. The van der Waals surface area contributed by atoms with E-state index in [4.69, 9.17) is 0 Å². The van der Waals surface area contributed by atoms with Crippen LogP contribution >= 0.6 is 0 Å². The van der Waals surface area contributed by atoms with Crippen molar-refractivity contribution in [1.29, 1.82) is 0 Å². The first-order valence-electron chi connectivity index (χ1n) is 9.44. The molecule has 0 aliphatic heterocycles. The Morgan fingerprint density at radius 3 is 2.26 bits per heavy atom. The Balaban J connectivity index is 1.76. The first kappa shape index (κ1) is 15.2. The Morgan fingerprint density at radius 2 is 1.74 bits per heavy atom. The smallest absolute Gasteiger partial charge is 0.0715 e. The Labute approximate surface area is 139 Å². The molecular weight excluding hydrogens is 284 g/mol. The van der Waals surface area contributed by atoms with Crippen LogP contribution in [0.5, 0.6) is 0 Å². The minimum Gasteiger partial charge on any atom is -0.545 e. The summed E-state index contributed by atoms with van der Waals surface area (Å²) < 4.78 is 0. The van der Waals surface area contributed by atoms with Crippen molar-refractivity contribution in [3.05, 3.63) is 34.9 Å². The number of carbonyl (C=O) groups excluding carboxylic acids is 1. The normalized spacial score (nSPS) is 34.7. The van der Waals surface area contributed by atoms with Crippen LogP contribution in [0.4, 0.5) is 0 Å². The molecule has 5 rings (SSSR count). The maximum Gasteiger partial charge on any atom is 0.0715 e. The third kappa shape index (κ3) is 2.60. The Hall–Kier alpha value is -1.31. The zero-order valence-electron chi connectivity index (χ0n) is 14.1. The largest absolute Gasteiger partial charge is 0.545 e. The van der Waals surface area contributed by atoms with Gasteiger partial charge in [0.2, 0.25) is 0 Å². The van der Waals surface area contributed by atoms with Crippen molar-refractivity contribution in [2.24, 2.45) is 17.8 Å². The van der Waals surface area contributed by atoms with Gasteiger partial charge in [-0.3, -0.25) is 0 Å². The highest BCUT2D eigenvalue weighted by atomic mass is 16.4. The Morgan fingerprint density at radius 1 is 1.13 bits per heavy atom. The highest BCUT2D eigenvalue weighted by Crippen LogP contribution is 2.61. The lowest BCUT2D eigenvalue weighted by Gasteiger charge is -2.57. The molecule has 1 aromatic carbocycles. The van der Waals surface area contributed by atoms with Gasteiger partial charge in [-0.15, -0.1) is 0 Å². The molecule has 4 fully saturated rings. The van der Waals surface area contributed by atoms with Gasteiger partial charge in [0.15, 0.2) is 0 Å². The number of aromatic carboxylic acids is 1. The van der Waals surface area contributed by atoms with Gasteiger partial charge in [0, 0.05) is 0 Å². The lowest BCUT2D eigenvalue weighted by molar-refractivity contribution is -0.255. The second-order valence-electron chi connectivity index (χ2n) is 8.46. The van der Waals surface area contributed by atoms with E-state index >= 15 is 0 Å². The molecule has 2 nitrogen and oxygen atoms in total. The van der Waals surface area contributed by atoms with E-state index in [1.807, 2.05) is 6.07 Å². The van der Waals surface area contributed by atoms with E-state index in [9.17, 15) is 9.90 Å². The van der Waals surface area contributed by atoms with Gasteiger partial charge in [-0.1, -0.05) is 25.5 Å². The van der Waals surface area contributed by atoms with Gasteiger partial charge >= 0.3 is 0 Å². The van der Waals surface area contributed by atoms with Gasteiger partial charge < -0.3 is 9.90 Å². The van der Waals surface area contributed by atoms with Crippen LogP contribution in [-0.2, 0) is 11.8 Å². The number of carboxylic acid groups (broad SMARTS) is 1. The number of carbonyl (C=O) groups is 1. The van der Waals surface area contributed by atoms with Crippen LogP contribution in [0.1, 0.15) is 79.8 Å². The second-order valence-corrected chi connectivity index (χ2v) is 8.46. The average molecular weight is 311 g/mol. The molecule has 1 aromatic rings. The monoisotopic (exact) mass is 311 g/mol. The number of rotatable bonds is 5. The van der Waals surface area contributed by atoms with E-state index < -0.39 is 5.97 Å². The number of hydrogen-bond acceptors (Lipinski definition) is 2. The summed E-state index contributed by atoms with van der Waals surface area (Å²) in [7, 11) is 0. The van der Waals surface area contributed by atoms with E-state index in [1.165, 1.54) is 62.5 Å². The van der Waals surface area contributed by atoms with Crippen LogP contribution in [-0.4, -0.2) is 5.97 Å². The number of hydrogen-bond donors (Lipinski definition) is 0. The zero-order chi connectivity index (χ0) is 16.0. The molecule has 0 amide bonds. The number of carboxylic acids is 1. The van der Waals surface area contributed by atoms with Gasteiger partial charge in [-0.05, 0) is 97.3 Å². The fraction of sp³-hybridized carbons (Fsp3) is 0.667. The van der Waals surface area contributed by atoms with Crippen molar-refractivity contribution in [3.63, 3.8) is 0 Å². The first-order valence-corrected chi connectivity index (χ1v) is 9.44. The molecule has 0 aromatic heterocycles. The molecule has 4 bridgehead atoms. The van der Waals surface area contributed by atoms with Crippen molar-refractivity contribution in [2.45, 2.75) is 70.1 Å². The summed E-state index contributed by atoms with van der Waals surface area (Å²) in [4.78, 5) is 11.4. The van der Waals surface area contributed by atoms with Crippen LogP contribution in [0.25, 0.3) is 0 Å². The molecule has 4 aliphatic carbocycles. The van der Waals surface area contributed by atoms with Crippen LogP contribution in [0.2, 0.25) is 0 Å². The summed E-state index contributed by atoms with van der Waals surface area (Å²) in [5.41, 5.74) is 3.41. The SMILES string of the molecule is CCCCc1ccc(C(=O)[O-])cc1C12CC3CC(CC(C3)C1)C2. The fourth-order valence-corrected chi connectivity index (χ4v) is 6.22. The lowest BCUT2D eigenvalue weighted by atomic mass is 9.47. The molecule has 0 unspecified atom stereocenters. The number of aryl methyl sites for hydroxylation is 1. The quantitative estimate of drug-likeness (QED) is 0.828. The van der Waals surface area contributed by atoms with Crippen LogP contribution in [0, 0.1) is 17.8 Å². The summed E-state index contributed by atoms with van der Waals surface area (Å²) in [6.45, 7) is 2.22. The van der Waals surface area contributed by atoms with E-state index in [0.717, 1.165) is 24.2 Å². The van der Waals surface area contributed by atoms with Gasteiger partial charge in [-0.25, -0.2) is 0 Å². The predicted octanol–water partition coefficient (Wildman–Crippen LogP) is 3.86. The van der Waals surface area contributed by atoms with Gasteiger partial charge in [0.25, 0.3) is 0 Å². The summed E-state index contributed by atoms with van der Waals surface area (Å²) in [5.74, 6) is 1.61. The molecule has 4 aliphatic rings. The summed E-state index contributed by atoms with van der Waals surface area (Å²) >= 11 is 0. The van der Waals surface area contributed by atoms with Gasteiger partial charge in [0.05, 0.1) is 5.97 Å².